The van der Waals surface area contributed by atoms with Crippen LogP contribution in [0.15, 0.2) is 30.7 Å². The first-order chi connectivity index (χ1) is 11.6. The number of rotatable bonds is 6. The van der Waals surface area contributed by atoms with Crippen molar-refractivity contribution >= 4 is 17.4 Å². The van der Waals surface area contributed by atoms with E-state index in [1.807, 2.05) is 24.5 Å². The van der Waals surface area contributed by atoms with E-state index >= 15 is 0 Å². The van der Waals surface area contributed by atoms with Crippen molar-refractivity contribution in [3.05, 3.63) is 41.6 Å². The van der Waals surface area contributed by atoms with Gasteiger partial charge in [0.15, 0.2) is 0 Å². The van der Waals surface area contributed by atoms with Crippen molar-refractivity contribution in [2.24, 2.45) is 0 Å². The molecule has 3 rings (SSSR count). The van der Waals surface area contributed by atoms with E-state index in [1.54, 1.807) is 0 Å². The maximum Gasteiger partial charge on any atom is 0.147 e. The Morgan fingerprint density at radius 2 is 2.17 bits per heavy atom. The Bertz CT molecular complexity index is 654. The van der Waals surface area contributed by atoms with Crippen molar-refractivity contribution in [3.8, 4) is 0 Å². The molecule has 1 unspecified atom stereocenters. The molecule has 0 spiro atoms. The topological polar surface area (TPSA) is 37.2 Å². The van der Waals surface area contributed by atoms with E-state index < -0.39 is 0 Å². The summed E-state index contributed by atoms with van der Waals surface area (Å²) in [5.41, 5.74) is 0. The number of aryl methyl sites for hydroxylation is 1. The summed E-state index contributed by atoms with van der Waals surface area (Å²) in [6.45, 7) is 4.06. The average molecular weight is 348 g/mol. The van der Waals surface area contributed by atoms with Gasteiger partial charge in [-0.3, -0.25) is 0 Å². The number of pyridine rings is 1. The molecule has 3 heterocycles. The van der Waals surface area contributed by atoms with E-state index in [9.17, 15) is 0 Å². The summed E-state index contributed by atoms with van der Waals surface area (Å²) in [5.74, 6) is 2.53. The summed E-state index contributed by atoms with van der Waals surface area (Å²) in [6, 6.07) is 3.79. The number of aromatic nitrogens is 3. The Morgan fingerprint density at radius 1 is 1.29 bits per heavy atom. The third-order valence-electron chi connectivity index (χ3n) is 4.58. The number of hydrogen-bond acceptors (Lipinski definition) is 4. The SMILES string of the molecule is CN(C)CCCn1ccnc1C1CCCN(c2ncccc2Cl)C1. The Labute approximate surface area is 149 Å². The normalized spacial score (nSPS) is 18.3. The molecular formula is C18H26ClN5. The lowest BCUT2D eigenvalue weighted by atomic mass is 9.97. The van der Waals surface area contributed by atoms with Crippen LogP contribution in [0.2, 0.25) is 5.02 Å². The summed E-state index contributed by atoms with van der Waals surface area (Å²) >= 11 is 6.33. The van der Waals surface area contributed by atoms with Crippen LogP contribution in [0.25, 0.3) is 0 Å². The third-order valence-corrected chi connectivity index (χ3v) is 4.87. The van der Waals surface area contributed by atoms with E-state index in [0.717, 1.165) is 49.9 Å². The van der Waals surface area contributed by atoms with Gasteiger partial charge in [0.1, 0.15) is 11.6 Å². The molecule has 0 radical (unpaired) electrons. The van der Waals surface area contributed by atoms with Crippen LogP contribution in [0.4, 0.5) is 5.82 Å². The number of anilines is 1. The number of halogens is 1. The molecule has 1 saturated heterocycles. The van der Waals surface area contributed by atoms with E-state index in [0.29, 0.717) is 5.92 Å². The zero-order valence-corrected chi connectivity index (χ0v) is 15.3. The van der Waals surface area contributed by atoms with E-state index in [1.165, 1.54) is 12.2 Å². The van der Waals surface area contributed by atoms with Crippen molar-refractivity contribution < 1.29 is 0 Å². The van der Waals surface area contributed by atoms with E-state index in [2.05, 4.69) is 44.6 Å². The molecular weight excluding hydrogens is 322 g/mol. The van der Waals surface area contributed by atoms with Gasteiger partial charge >= 0.3 is 0 Å². The molecule has 1 atom stereocenters. The van der Waals surface area contributed by atoms with Gasteiger partial charge < -0.3 is 14.4 Å². The fourth-order valence-corrected chi connectivity index (χ4v) is 3.66. The first-order valence-electron chi connectivity index (χ1n) is 8.66. The number of piperidine rings is 1. The van der Waals surface area contributed by atoms with Crippen LogP contribution in [0.5, 0.6) is 0 Å². The molecule has 5 nitrogen and oxygen atoms in total. The van der Waals surface area contributed by atoms with Gasteiger partial charge in [-0.05, 0) is 52.0 Å². The van der Waals surface area contributed by atoms with Gasteiger partial charge in [-0.2, -0.15) is 0 Å². The zero-order chi connectivity index (χ0) is 16.9. The lowest BCUT2D eigenvalue weighted by Gasteiger charge is -2.34. The lowest BCUT2D eigenvalue weighted by Crippen LogP contribution is -2.36. The van der Waals surface area contributed by atoms with Crippen LogP contribution in [0, 0.1) is 0 Å². The van der Waals surface area contributed by atoms with Crippen molar-refractivity contribution in [1.82, 2.24) is 19.4 Å². The Hall–Kier alpha value is -1.59. The molecule has 0 aliphatic carbocycles. The van der Waals surface area contributed by atoms with Gasteiger partial charge in [0, 0.05) is 44.1 Å². The maximum atomic E-state index is 6.33. The largest absolute Gasteiger partial charge is 0.355 e. The first-order valence-corrected chi connectivity index (χ1v) is 9.04. The predicted molar refractivity (Wildman–Crippen MR) is 98.8 cm³/mol. The van der Waals surface area contributed by atoms with E-state index in [-0.39, 0.29) is 0 Å². The molecule has 2 aromatic rings. The minimum atomic E-state index is 0.436. The summed E-state index contributed by atoms with van der Waals surface area (Å²) in [4.78, 5) is 13.7. The monoisotopic (exact) mass is 347 g/mol. The molecule has 2 aromatic heterocycles. The van der Waals surface area contributed by atoms with Crippen LogP contribution >= 0.6 is 11.6 Å². The van der Waals surface area contributed by atoms with Gasteiger partial charge in [0.25, 0.3) is 0 Å². The number of hydrogen-bond donors (Lipinski definition) is 0. The minimum Gasteiger partial charge on any atom is -0.355 e. The standard InChI is InChI=1S/C18H26ClN5/c1-22(2)10-5-12-23-13-9-21-17(23)15-6-4-11-24(14-15)18-16(19)7-3-8-20-18/h3,7-9,13,15H,4-6,10-12,14H2,1-2H3. The quantitative estimate of drug-likeness (QED) is 0.803. The fraction of sp³-hybridized carbons (Fsp3) is 0.556. The highest BCUT2D eigenvalue weighted by Crippen LogP contribution is 2.31. The van der Waals surface area contributed by atoms with Gasteiger partial charge in [0.2, 0.25) is 0 Å². The Morgan fingerprint density at radius 3 is 2.96 bits per heavy atom. The number of imidazole rings is 1. The maximum absolute atomic E-state index is 6.33. The summed E-state index contributed by atoms with van der Waals surface area (Å²) < 4.78 is 2.32. The molecule has 24 heavy (non-hydrogen) atoms. The second-order valence-electron chi connectivity index (χ2n) is 6.73. The molecule has 130 valence electrons. The predicted octanol–water partition coefficient (Wildman–Crippen LogP) is 3.27. The Kier molecular flexibility index (Phi) is 5.74. The van der Waals surface area contributed by atoms with Crippen molar-refractivity contribution in [2.45, 2.75) is 31.7 Å². The highest BCUT2D eigenvalue weighted by Gasteiger charge is 2.26. The highest BCUT2D eigenvalue weighted by molar-refractivity contribution is 6.32. The molecule has 0 bridgehead atoms. The Balaban J connectivity index is 1.69. The summed E-state index contributed by atoms with van der Waals surface area (Å²) in [7, 11) is 4.23. The van der Waals surface area contributed by atoms with Crippen LogP contribution in [0.1, 0.15) is 31.0 Å². The van der Waals surface area contributed by atoms with E-state index in [4.69, 9.17) is 11.6 Å². The fourth-order valence-electron chi connectivity index (χ4n) is 3.42. The van der Waals surface area contributed by atoms with Crippen molar-refractivity contribution in [1.29, 1.82) is 0 Å². The molecule has 0 N–H and O–H groups in total. The second kappa shape index (κ2) is 7.99. The molecule has 1 aliphatic heterocycles. The highest BCUT2D eigenvalue weighted by atomic mass is 35.5. The zero-order valence-electron chi connectivity index (χ0n) is 14.5. The smallest absolute Gasteiger partial charge is 0.147 e. The number of nitrogens with zero attached hydrogens (tertiary/aromatic N) is 5. The van der Waals surface area contributed by atoms with Crippen LogP contribution in [0.3, 0.4) is 0 Å². The summed E-state index contributed by atoms with van der Waals surface area (Å²) in [6.07, 6.45) is 9.30. The molecule has 6 heteroatoms. The second-order valence-corrected chi connectivity index (χ2v) is 7.14. The van der Waals surface area contributed by atoms with Crippen molar-refractivity contribution in [2.75, 3.05) is 38.6 Å². The first kappa shape index (κ1) is 17.2. The van der Waals surface area contributed by atoms with Gasteiger partial charge in [-0.1, -0.05) is 11.6 Å². The third kappa shape index (κ3) is 4.08. The van der Waals surface area contributed by atoms with Gasteiger partial charge in [-0.15, -0.1) is 0 Å². The lowest BCUT2D eigenvalue weighted by molar-refractivity contribution is 0.380. The van der Waals surface area contributed by atoms with Crippen molar-refractivity contribution in [3.63, 3.8) is 0 Å². The molecule has 0 aromatic carbocycles. The van der Waals surface area contributed by atoms with Crippen LogP contribution in [-0.2, 0) is 6.54 Å². The average Bonchev–Trinajstić information content (AvgIpc) is 3.03. The van der Waals surface area contributed by atoms with Crippen LogP contribution < -0.4 is 4.90 Å². The summed E-state index contributed by atoms with van der Waals surface area (Å²) in [5, 5.41) is 0.729. The van der Waals surface area contributed by atoms with Crippen LogP contribution in [-0.4, -0.2) is 53.2 Å². The molecule has 0 saturated carbocycles. The van der Waals surface area contributed by atoms with Gasteiger partial charge in [-0.25, -0.2) is 9.97 Å². The molecule has 0 amide bonds. The van der Waals surface area contributed by atoms with Gasteiger partial charge in [0.05, 0.1) is 5.02 Å². The molecule has 1 aliphatic rings. The molecule has 1 fully saturated rings. The minimum absolute atomic E-state index is 0.436.